The van der Waals surface area contributed by atoms with Crippen molar-refractivity contribution in [2.24, 2.45) is 0 Å². The third-order valence-corrected chi connectivity index (χ3v) is 5.82. The van der Waals surface area contributed by atoms with Gasteiger partial charge in [0.1, 0.15) is 0 Å². The van der Waals surface area contributed by atoms with Crippen molar-refractivity contribution in [3.8, 4) is 0 Å². The Morgan fingerprint density at radius 2 is 1.73 bits per heavy atom. The normalized spacial score (nSPS) is 16.6. The predicted molar refractivity (Wildman–Crippen MR) is 109 cm³/mol. The number of benzene rings is 1. The Hall–Kier alpha value is -2.61. The molecule has 3 rings (SSSR count). The van der Waals surface area contributed by atoms with Gasteiger partial charge in [0.05, 0.1) is 17.3 Å². The average molecular weight is 421 g/mol. The first-order valence-electron chi connectivity index (χ1n) is 9.91. The lowest BCUT2D eigenvalue weighted by molar-refractivity contribution is -0.137. The summed E-state index contributed by atoms with van der Waals surface area (Å²) in [6, 6.07) is 4.92. The van der Waals surface area contributed by atoms with Crippen molar-refractivity contribution < 1.29 is 22.8 Å². The molecule has 5 nitrogen and oxygen atoms in total. The molecule has 1 atom stereocenters. The van der Waals surface area contributed by atoms with Crippen LogP contribution in [0.15, 0.2) is 24.3 Å². The molecular weight excluding hydrogens is 395 g/mol. The summed E-state index contributed by atoms with van der Waals surface area (Å²) in [4.78, 5) is 31.9. The van der Waals surface area contributed by atoms with Gasteiger partial charge in [-0.05, 0) is 51.5 Å². The van der Waals surface area contributed by atoms with E-state index in [1.54, 1.807) is 19.9 Å². The highest BCUT2D eigenvalue weighted by atomic mass is 19.4. The number of H-pyrrole nitrogens is 1. The SMILES string of the molecule is CC(=O)c1c(C)[nH]c(C(=O)[C@@H](C)N2CCN(c3cccc(C(F)(F)F)c3)CC2)c1C. The van der Waals surface area contributed by atoms with Crippen molar-refractivity contribution in [2.45, 2.75) is 39.9 Å². The molecule has 162 valence electrons. The number of carbonyl (C=O) groups is 2. The maximum Gasteiger partial charge on any atom is 0.416 e. The number of rotatable bonds is 5. The number of nitrogens with zero attached hydrogens (tertiary/aromatic N) is 2. The molecule has 0 aliphatic carbocycles. The zero-order chi connectivity index (χ0) is 22.2. The molecule has 8 heteroatoms. The van der Waals surface area contributed by atoms with Crippen LogP contribution in [0.4, 0.5) is 18.9 Å². The van der Waals surface area contributed by atoms with Gasteiger partial charge < -0.3 is 9.88 Å². The fourth-order valence-corrected chi connectivity index (χ4v) is 4.15. The van der Waals surface area contributed by atoms with Crippen molar-refractivity contribution in [1.29, 1.82) is 0 Å². The summed E-state index contributed by atoms with van der Waals surface area (Å²) in [7, 11) is 0. The Morgan fingerprint density at radius 1 is 1.10 bits per heavy atom. The van der Waals surface area contributed by atoms with Crippen LogP contribution in [0.3, 0.4) is 0 Å². The maximum absolute atomic E-state index is 13.0. The zero-order valence-corrected chi connectivity index (χ0v) is 17.6. The molecule has 0 radical (unpaired) electrons. The number of hydrogen-bond donors (Lipinski definition) is 1. The van der Waals surface area contributed by atoms with E-state index in [4.69, 9.17) is 0 Å². The minimum atomic E-state index is -4.37. The highest BCUT2D eigenvalue weighted by Gasteiger charge is 2.32. The first-order valence-corrected chi connectivity index (χ1v) is 9.91. The van der Waals surface area contributed by atoms with Gasteiger partial charge in [-0.25, -0.2) is 0 Å². The number of carbonyl (C=O) groups excluding carboxylic acids is 2. The van der Waals surface area contributed by atoms with E-state index in [-0.39, 0.29) is 11.6 Å². The van der Waals surface area contributed by atoms with Crippen LogP contribution in [-0.4, -0.2) is 53.7 Å². The van der Waals surface area contributed by atoms with Gasteiger partial charge in [0, 0.05) is 43.1 Å². The average Bonchev–Trinajstić information content (AvgIpc) is 3.00. The largest absolute Gasteiger partial charge is 0.416 e. The summed E-state index contributed by atoms with van der Waals surface area (Å²) >= 11 is 0. The Bertz CT molecular complexity index is 957. The smallest absolute Gasteiger partial charge is 0.369 e. The van der Waals surface area contributed by atoms with E-state index in [1.807, 2.05) is 16.7 Å². The minimum Gasteiger partial charge on any atom is -0.369 e. The molecule has 0 spiro atoms. The fourth-order valence-electron chi connectivity index (χ4n) is 4.15. The van der Waals surface area contributed by atoms with Crippen molar-refractivity contribution in [2.75, 3.05) is 31.1 Å². The number of nitrogens with one attached hydrogen (secondary N) is 1. The van der Waals surface area contributed by atoms with Gasteiger partial charge >= 0.3 is 6.18 Å². The Kier molecular flexibility index (Phi) is 6.08. The monoisotopic (exact) mass is 421 g/mol. The van der Waals surface area contributed by atoms with E-state index in [1.165, 1.54) is 19.1 Å². The van der Waals surface area contributed by atoms with Gasteiger partial charge in [0.25, 0.3) is 0 Å². The molecule has 0 bridgehead atoms. The number of piperazine rings is 1. The molecule has 2 aromatic rings. The van der Waals surface area contributed by atoms with Crippen molar-refractivity contribution in [3.63, 3.8) is 0 Å². The molecule has 1 aromatic carbocycles. The topological polar surface area (TPSA) is 56.4 Å². The quantitative estimate of drug-likeness (QED) is 0.734. The van der Waals surface area contributed by atoms with E-state index in [0.717, 1.165) is 6.07 Å². The summed E-state index contributed by atoms with van der Waals surface area (Å²) in [5, 5.41) is 0. The van der Waals surface area contributed by atoms with E-state index in [9.17, 15) is 22.8 Å². The number of anilines is 1. The lowest BCUT2D eigenvalue weighted by Crippen LogP contribution is -2.52. The number of Topliss-reactive ketones (excluding diaryl/α,β-unsaturated/α-hetero) is 2. The minimum absolute atomic E-state index is 0.0809. The number of alkyl halides is 3. The van der Waals surface area contributed by atoms with Gasteiger partial charge in [-0.2, -0.15) is 13.2 Å². The van der Waals surface area contributed by atoms with Gasteiger partial charge in [-0.1, -0.05) is 6.07 Å². The summed E-state index contributed by atoms with van der Waals surface area (Å²) in [5.41, 5.74) is 2.23. The van der Waals surface area contributed by atoms with E-state index in [2.05, 4.69) is 4.98 Å². The van der Waals surface area contributed by atoms with Crippen molar-refractivity contribution in [3.05, 3.63) is 52.3 Å². The Balaban J connectivity index is 1.69. The number of aromatic nitrogens is 1. The molecule has 0 unspecified atom stereocenters. The molecule has 1 aromatic heterocycles. The summed E-state index contributed by atoms with van der Waals surface area (Å²) in [6.07, 6.45) is -4.37. The van der Waals surface area contributed by atoms with Crippen LogP contribution in [0.25, 0.3) is 0 Å². The maximum atomic E-state index is 13.0. The number of ketones is 2. The van der Waals surface area contributed by atoms with Crippen molar-refractivity contribution >= 4 is 17.3 Å². The van der Waals surface area contributed by atoms with Crippen LogP contribution in [0.1, 0.15) is 51.5 Å². The standard InChI is InChI=1S/C22H26F3N3O2/c1-13-19(16(4)29)14(2)26-20(13)21(30)15(3)27-8-10-28(11-9-27)18-7-5-6-17(12-18)22(23,24)25/h5-7,12,15,26H,8-11H2,1-4H3/t15-/m1/s1. The lowest BCUT2D eigenvalue weighted by atomic mass is 10.0. The molecule has 1 saturated heterocycles. The second-order valence-corrected chi connectivity index (χ2v) is 7.79. The van der Waals surface area contributed by atoms with Crippen molar-refractivity contribution in [1.82, 2.24) is 9.88 Å². The van der Waals surface area contributed by atoms with E-state index >= 15 is 0 Å². The molecular formula is C22H26F3N3O2. The third-order valence-electron chi connectivity index (χ3n) is 5.82. The summed E-state index contributed by atoms with van der Waals surface area (Å²) in [6.45, 7) is 9.02. The first kappa shape index (κ1) is 22.1. The summed E-state index contributed by atoms with van der Waals surface area (Å²) < 4.78 is 38.9. The second kappa shape index (κ2) is 8.26. The Labute approximate surface area is 173 Å². The number of hydrogen-bond acceptors (Lipinski definition) is 4. The third kappa shape index (κ3) is 4.28. The summed E-state index contributed by atoms with van der Waals surface area (Å²) in [5.74, 6) is -0.168. The number of aromatic amines is 1. The molecule has 0 saturated carbocycles. The van der Waals surface area contributed by atoms with E-state index in [0.29, 0.717) is 54.4 Å². The molecule has 1 aliphatic rings. The first-order chi connectivity index (χ1) is 14.0. The van der Waals surface area contributed by atoms with E-state index < -0.39 is 17.8 Å². The molecule has 1 fully saturated rings. The number of halogens is 3. The van der Waals surface area contributed by atoms with Gasteiger partial charge in [0.15, 0.2) is 11.6 Å². The molecule has 2 heterocycles. The Morgan fingerprint density at radius 3 is 2.27 bits per heavy atom. The van der Waals surface area contributed by atoms with Gasteiger partial charge in [0.2, 0.25) is 0 Å². The van der Waals surface area contributed by atoms with Crippen LogP contribution in [-0.2, 0) is 6.18 Å². The van der Waals surface area contributed by atoms with Gasteiger partial charge in [-0.15, -0.1) is 0 Å². The highest BCUT2D eigenvalue weighted by molar-refractivity contribution is 6.05. The zero-order valence-electron chi connectivity index (χ0n) is 17.6. The number of aryl methyl sites for hydroxylation is 1. The lowest BCUT2D eigenvalue weighted by Gasteiger charge is -2.38. The van der Waals surface area contributed by atoms with Crippen LogP contribution >= 0.6 is 0 Å². The van der Waals surface area contributed by atoms with Crippen LogP contribution in [0.2, 0.25) is 0 Å². The second-order valence-electron chi connectivity index (χ2n) is 7.79. The predicted octanol–water partition coefficient (Wildman–Crippen LogP) is 4.25. The molecule has 0 amide bonds. The van der Waals surface area contributed by atoms with Crippen LogP contribution < -0.4 is 4.90 Å². The highest BCUT2D eigenvalue weighted by Crippen LogP contribution is 2.32. The van der Waals surface area contributed by atoms with Crippen LogP contribution in [0.5, 0.6) is 0 Å². The fraction of sp³-hybridized carbons (Fsp3) is 0.455. The molecule has 30 heavy (non-hydrogen) atoms. The molecule has 1 aliphatic heterocycles. The van der Waals surface area contributed by atoms with Gasteiger partial charge in [-0.3, -0.25) is 14.5 Å². The molecule has 1 N–H and O–H groups in total. The van der Waals surface area contributed by atoms with Crippen LogP contribution in [0, 0.1) is 13.8 Å².